The molecule has 0 fully saturated rings. The molecule has 186 valence electrons. The van der Waals surface area contributed by atoms with E-state index in [9.17, 15) is 39.6 Å². The summed E-state index contributed by atoms with van der Waals surface area (Å²) in [4.78, 5) is 9.71. The second-order valence-corrected chi connectivity index (χ2v) is 9.23. The van der Waals surface area contributed by atoms with Crippen LogP contribution in [-0.4, -0.2) is 19.5 Å². The van der Waals surface area contributed by atoms with Crippen LogP contribution in [0.3, 0.4) is 0 Å². The molecule has 0 atom stereocenters. The van der Waals surface area contributed by atoms with Gasteiger partial charge in [-0.3, -0.25) is 4.72 Å². The number of aromatic carboxylic acids is 1. The summed E-state index contributed by atoms with van der Waals surface area (Å²) in [6.45, 7) is 0. The van der Waals surface area contributed by atoms with Gasteiger partial charge in [-0.2, -0.15) is 26.3 Å². The molecule has 35 heavy (non-hydrogen) atoms. The van der Waals surface area contributed by atoms with Crippen molar-refractivity contribution < 1.29 is 44.7 Å². The van der Waals surface area contributed by atoms with E-state index in [1.165, 1.54) is 24.3 Å². The Balaban J connectivity index is 1.76. The van der Waals surface area contributed by atoms with Gasteiger partial charge in [0, 0.05) is 5.69 Å². The molecule has 0 amide bonds. The quantitative estimate of drug-likeness (QED) is 0.376. The number of carboxylic acids is 1. The molecule has 0 saturated carbocycles. The highest BCUT2D eigenvalue weighted by Gasteiger charge is 2.38. The first-order valence-corrected chi connectivity index (χ1v) is 11.4. The fourth-order valence-electron chi connectivity index (χ4n) is 3.14. The number of benzene rings is 3. The highest BCUT2D eigenvalue weighted by atomic mass is 32.2. The van der Waals surface area contributed by atoms with Gasteiger partial charge < -0.3 is 5.11 Å². The number of hydrogen-bond acceptors (Lipinski definition) is 3. The molecule has 0 spiro atoms. The van der Waals surface area contributed by atoms with E-state index in [1.54, 1.807) is 24.3 Å². The molecular weight excluding hydrogens is 500 g/mol. The maximum absolute atomic E-state index is 13.0. The number of rotatable bonds is 7. The minimum absolute atomic E-state index is 0.0504. The minimum Gasteiger partial charge on any atom is -0.478 e. The molecule has 0 radical (unpaired) electrons. The molecule has 0 aliphatic heterocycles. The van der Waals surface area contributed by atoms with Crippen LogP contribution >= 0.6 is 0 Å². The van der Waals surface area contributed by atoms with Gasteiger partial charge in [0.2, 0.25) is 0 Å². The lowest BCUT2D eigenvalue weighted by Crippen LogP contribution is -2.17. The zero-order valence-corrected chi connectivity index (χ0v) is 18.4. The van der Waals surface area contributed by atoms with Crippen LogP contribution in [0, 0.1) is 0 Å². The van der Waals surface area contributed by atoms with Crippen molar-refractivity contribution in [2.45, 2.75) is 30.1 Å². The fraction of sp³-hybridized carbons (Fsp3) is 0.174. The average molecular weight is 517 g/mol. The Morgan fingerprint density at radius 1 is 0.743 bits per heavy atom. The van der Waals surface area contributed by atoms with Crippen molar-refractivity contribution in [2.75, 3.05) is 4.72 Å². The second kappa shape index (κ2) is 9.61. The number of alkyl halides is 6. The van der Waals surface area contributed by atoms with Crippen LogP contribution in [0.25, 0.3) is 0 Å². The first kappa shape index (κ1) is 26.1. The zero-order chi connectivity index (χ0) is 26.0. The Morgan fingerprint density at radius 3 is 1.57 bits per heavy atom. The van der Waals surface area contributed by atoms with Crippen LogP contribution in [0.5, 0.6) is 0 Å². The van der Waals surface area contributed by atoms with Gasteiger partial charge in [0.25, 0.3) is 10.0 Å². The molecule has 0 aromatic heterocycles. The molecule has 0 heterocycles. The lowest BCUT2D eigenvalue weighted by atomic mass is 10.0. The first-order chi connectivity index (χ1) is 16.1. The lowest BCUT2D eigenvalue weighted by molar-refractivity contribution is -0.143. The molecule has 0 saturated heterocycles. The Hall–Kier alpha value is -3.54. The molecule has 5 nitrogen and oxygen atoms in total. The van der Waals surface area contributed by atoms with Crippen LogP contribution in [0.2, 0.25) is 0 Å². The van der Waals surface area contributed by atoms with E-state index in [4.69, 9.17) is 5.11 Å². The second-order valence-electron chi connectivity index (χ2n) is 7.55. The Labute approximate surface area is 196 Å². The van der Waals surface area contributed by atoms with Gasteiger partial charge in [-0.1, -0.05) is 24.3 Å². The molecule has 12 heteroatoms. The van der Waals surface area contributed by atoms with Gasteiger partial charge in [0.1, 0.15) is 0 Å². The molecular formula is C23H17F6NO4S. The normalized spacial score (nSPS) is 12.4. The molecule has 0 aliphatic rings. The van der Waals surface area contributed by atoms with Gasteiger partial charge in [0.15, 0.2) is 0 Å². The summed E-state index contributed by atoms with van der Waals surface area (Å²) in [5.41, 5.74) is -1.74. The van der Waals surface area contributed by atoms with E-state index >= 15 is 0 Å². The van der Waals surface area contributed by atoms with Crippen LogP contribution < -0.4 is 4.72 Å². The number of nitrogens with one attached hydrogen (secondary N) is 1. The van der Waals surface area contributed by atoms with E-state index in [-0.39, 0.29) is 29.4 Å². The average Bonchev–Trinajstić information content (AvgIpc) is 2.77. The Bertz CT molecular complexity index is 1280. The predicted octanol–water partition coefficient (Wildman–Crippen LogP) is 6.01. The summed E-state index contributed by atoms with van der Waals surface area (Å²) in [6.07, 6.45) is -9.29. The third-order valence-electron chi connectivity index (χ3n) is 4.98. The van der Waals surface area contributed by atoms with Gasteiger partial charge in [0.05, 0.1) is 21.6 Å². The number of aryl methyl sites for hydroxylation is 2. The predicted molar refractivity (Wildman–Crippen MR) is 115 cm³/mol. The lowest BCUT2D eigenvalue weighted by Gasteiger charge is -2.15. The standard InChI is InChI=1S/C23H17F6NO4S/c24-22(25,26)17-11-18(23(27,28)29)13-20(12-17)35(33,34)30-19-9-5-15(6-10-19)2-1-14-3-7-16(8-4-14)21(31)32/h3-13,30H,1-2H2,(H,31,32). The highest BCUT2D eigenvalue weighted by molar-refractivity contribution is 7.92. The monoisotopic (exact) mass is 517 g/mol. The number of carbonyl (C=O) groups is 1. The summed E-state index contributed by atoms with van der Waals surface area (Å²) in [5, 5.41) is 8.91. The zero-order valence-electron chi connectivity index (χ0n) is 17.6. The highest BCUT2D eigenvalue weighted by Crippen LogP contribution is 2.37. The van der Waals surface area contributed by atoms with Crippen molar-refractivity contribution in [3.8, 4) is 0 Å². The van der Waals surface area contributed by atoms with Crippen molar-refractivity contribution in [1.82, 2.24) is 0 Å². The molecule has 0 unspecified atom stereocenters. The van der Waals surface area contributed by atoms with Gasteiger partial charge in [-0.25, -0.2) is 13.2 Å². The van der Waals surface area contributed by atoms with Crippen molar-refractivity contribution in [3.63, 3.8) is 0 Å². The van der Waals surface area contributed by atoms with E-state index in [0.29, 0.717) is 12.8 Å². The van der Waals surface area contributed by atoms with Crippen molar-refractivity contribution in [2.24, 2.45) is 0 Å². The Kier molecular flexibility index (Phi) is 7.16. The molecule has 2 N–H and O–H groups in total. The maximum Gasteiger partial charge on any atom is 0.416 e. The number of halogens is 6. The smallest absolute Gasteiger partial charge is 0.416 e. The Morgan fingerprint density at radius 2 is 1.17 bits per heavy atom. The van der Waals surface area contributed by atoms with Gasteiger partial charge >= 0.3 is 18.3 Å². The fourth-order valence-corrected chi connectivity index (χ4v) is 4.27. The van der Waals surface area contributed by atoms with Gasteiger partial charge in [-0.15, -0.1) is 0 Å². The van der Waals surface area contributed by atoms with E-state index in [0.717, 1.165) is 11.1 Å². The number of hydrogen-bond donors (Lipinski definition) is 2. The molecule has 3 rings (SSSR count). The minimum atomic E-state index is -5.18. The SMILES string of the molecule is O=C(O)c1ccc(CCc2ccc(NS(=O)(=O)c3cc(C(F)(F)F)cc(C(F)(F)F)c3)cc2)cc1. The van der Waals surface area contributed by atoms with E-state index in [1.807, 2.05) is 4.72 Å². The summed E-state index contributed by atoms with van der Waals surface area (Å²) in [7, 11) is -4.76. The summed E-state index contributed by atoms with van der Waals surface area (Å²) in [5.74, 6) is -1.05. The summed E-state index contributed by atoms with van der Waals surface area (Å²) < 4.78 is 105. The molecule has 3 aromatic rings. The summed E-state index contributed by atoms with van der Waals surface area (Å²) >= 11 is 0. The van der Waals surface area contributed by atoms with Crippen LogP contribution in [0.15, 0.2) is 71.6 Å². The van der Waals surface area contributed by atoms with E-state index < -0.39 is 44.4 Å². The van der Waals surface area contributed by atoms with Crippen LogP contribution in [0.1, 0.15) is 32.6 Å². The topological polar surface area (TPSA) is 83.5 Å². The number of sulfonamides is 1. The largest absolute Gasteiger partial charge is 0.478 e. The molecule has 3 aromatic carbocycles. The van der Waals surface area contributed by atoms with Gasteiger partial charge in [-0.05, 0) is 66.4 Å². The summed E-state index contributed by atoms with van der Waals surface area (Å²) in [6, 6.07) is 12.2. The van der Waals surface area contributed by atoms with Crippen LogP contribution in [-0.2, 0) is 35.2 Å². The number of anilines is 1. The number of carboxylic acid groups (broad SMARTS) is 1. The molecule has 0 aliphatic carbocycles. The third kappa shape index (κ3) is 6.75. The third-order valence-corrected chi connectivity index (χ3v) is 6.34. The van der Waals surface area contributed by atoms with Crippen molar-refractivity contribution in [1.29, 1.82) is 0 Å². The van der Waals surface area contributed by atoms with Crippen molar-refractivity contribution >= 4 is 21.7 Å². The van der Waals surface area contributed by atoms with E-state index in [2.05, 4.69) is 0 Å². The maximum atomic E-state index is 13.0. The molecule has 0 bridgehead atoms. The first-order valence-electron chi connectivity index (χ1n) is 9.89. The van der Waals surface area contributed by atoms with Crippen molar-refractivity contribution in [3.05, 3.63) is 94.5 Å². The van der Waals surface area contributed by atoms with Crippen LogP contribution in [0.4, 0.5) is 32.0 Å².